The summed E-state index contributed by atoms with van der Waals surface area (Å²) in [5.41, 5.74) is 7.33. The number of nitrogens with two attached hydrogens (primary N) is 1. The number of carboxylic acid groups (broad SMARTS) is 1. The topological polar surface area (TPSA) is 92.4 Å². The summed E-state index contributed by atoms with van der Waals surface area (Å²) in [7, 11) is 0. The van der Waals surface area contributed by atoms with Crippen LogP contribution in [0.3, 0.4) is 0 Å². The Kier molecular flexibility index (Phi) is 7.25. The standard InChI is InChI=1S/C15H22N2O3S/c1-10(2)11-5-3-4-6-13(11)17-14(18)9-21-8-7-12(16)15(19)20/h3-6,10,12H,7-9,16H2,1-2H3,(H,17,18)(H,19,20). The smallest absolute Gasteiger partial charge is 0.320 e. The van der Waals surface area contributed by atoms with Gasteiger partial charge in [-0.3, -0.25) is 9.59 Å². The Bertz CT molecular complexity index is 492. The SMILES string of the molecule is CC(C)c1ccccc1NC(=O)CSCCC(N)C(=O)O. The van der Waals surface area contributed by atoms with Gasteiger partial charge in [-0.2, -0.15) is 11.8 Å². The minimum absolute atomic E-state index is 0.0861. The first kappa shape index (κ1) is 17.5. The minimum Gasteiger partial charge on any atom is -0.480 e. The van der Waals surface area contributed by atoms with Crippen molar-refractivity contribution in [2.24, 2.45) is 5.73 Å². The Morgan fingerprint density at radius 3 is 2.62 bits per heavy atom. The Labute approximate surface area is 129 Å². The number of nitrogens with one attached hydrogen (secondary N) is 1. The molecule has 1 amide bonds. The van der Waals surface area contributed by atoms with Crippen LogP contribution in [0.1, 0.15) is 31.7 Å². The second kappa shape index (κ2) is 8.69. The van der Waals surface area contributed by atoms with E-state index in [2.05, 4.69) is 19.2 Å². The number of benzene rings is 1. The van der Waals surface area contributed by atoms with Crippen molar-refractivity contribution in [3.05, 3.63) is 29.8 Å². The number of carbonyl (C=O) groups excluding carboxylic acids is 1. The van der Waals surface area contributed by atoms with Gasteiger partial charge in [0.1, 0.15) is 6.04 Å². The molecule has 0 saturated heterocycles. The van der Waals surface area contributed by atoms with Crippen molar-refractivity contribution in [2.45, 2.75) is 32.2 Å². The lowest BCUT2D eigenvalue weighted by Gasteiger charge is -2.13. The number of hydrogen-bond acceptors (Lipinski definition) is 4. The Morgan fingerprint density at radius 1 is 1.33 bits per heavy atom. The van der Waals surface area contributed by atoms with E-state index in [1.807, 2.05) is 24.3 Å². The second-order valence-electron chi connectivity index (χ2n) is 5.08. The molecule has 0 aliphatic heterocycles. The number of carbonyl (C=O) groups is 2. The minimum atomic E-state index is -1.01. The average molecular weight is 310 g/mol. The van der Waals surface area contributed by atoms with Crippen LogP contribution in [0.15, 0.2) is 24.3 Å². The van der Waals surface area contributed by atoms with Crippen molar-refractivity contribution < 1.29 is 14.7 Å². The molecule has 21 heavy (non-hydrogen) atoms. The summed E-state index contributed by atoms with van der Waals surface area (Å²) >= 11 is 1.39. The number of rotatable bonds is 8. The lowest BCUT2D eigenvalue weighted by atomic mass is 10.0. The third kappa shape index (κ3) is 6.18. The number of para-hydroxylation sites is 1. The van der Waals surface area contributed by atoms with E-state index < -0.39 is 12.0 Å². The first-order valence-electron chi connectivity index (χ1n) is 6.86. The zero-order chi connectivity index (χ0) is 15.8. The highest BCUT2D eigenvalue weighted by Gasteiger charge is 2.12. The molecule has 116 valence electrons. The highest BCUT2D eigenvalue weighted by molar-refractivity contribution is 7.99. The van der Waals surface area contributed by atoms with E-state index in [9.17, 15) is 9.59 Å². The number of thioether (sulfide) groups is 1. The zero-order valence-electron chi connectivity index (χ0n) is 12.3. The van der Waals surface area contributed by atoms with E-state index in [-0.39, 0.29) is 5.91 Å². The number of carboxylic acids is 1. The van der Waals surface area contributed by atoms with Gasteiger partial charge in [-0.05, 0) is 29.7 Å². The predicted octanol–water partition coefficient (Wildman–Crippen LogP) is 2.28. The maximum atomic E-state index is 11.9. The molecule has 5 nitrogen and oxygen atoms in total. The molecule has 0 spiro atoms. The molecule has 1 atom stereocenters. The maximum absolute atomic E-state index is 11.9. The molecule has 0 saturated carbocycles. The number of aliphatic carboxylic acids is 1. The summed E-state index contributed by atoms with van der Waals surface area (Å²) in [6, 6.07) is 6.87. The second-order valence-corrected chi connectivity index (χ2v) is 6.18. The fraction of sp³-hybridized carbons (Fsp3) is 0.467. The van der Waals surface area contributed by atoms with E-state index in [1.54, 1.807) is 0 Å². The van der Waals surface area contributed by atoms with Crippen LogP contribution in [0.2, 0.25) is 0 Å². The normalized spacial score (nSPS) is 12.2. The summed E-state index contributed by atoms with van der Waals surface area (Å²) in [6.07, 6.45) is 0.357. The predicted molar refractivity (Wildman–Crippen MR) is 86.7 cm³/mol. The molecule has 4 N–H and O–H groups in total. The monoisotopic (exact) mass is 310 g/mol. The van der Waals surface area contributed by atoms with Crippen molar-refractivity contribution in [1.82, 2.24) is 0 Å². The van der Waals surface area contributed by atoms with E-state index in [0.717, 1.165) is 11.3 Å². The Morgan fingerprint density at radius 2 is 2.00 bits per heavy atom. The maximum Gasteiger partial charge on any atom is 0.320 e. The quantitative estimate of drug-likeness (QED) is 0.641. The van der Waals surface area contributed by atoms with Gasteiger partial charge in [0.25, 0.3) is 0 Å². The van der Waals surface area contributed by atoms with E-state index in [1.165, 1.54) is 11.8 Å². The van der Waals surface area contributed by atoms with Crippen LogP contribution in [-0.2, 0) is 9.59 Å². The van der Waals surface area contributed by atoms with Gasteiger partial charge >= 0.3 is 5.97 Å². The van der Waals surface area contributed by atoms with Crippen LogP contribution in [-0.4, -0.2) is 34.5 Å². The average Bonchev–Trinajstić information content (AvgIpc) is 2.43. The van der Waals surface area contributed by atoms with Gasteiger partial charge in [-0.15, -0.1) is 0 Å². The van der Waals surface area contributed by atoms with Crippen molar-refractivity contribution in [3.8, 4) is 0 Å². The molecular weight excluding hydrogens is 288 g/mol. The summed E-state index contributed by atoms with van der Waals surface area (Å²) in [4.78, 5) is 22.4. The van der Waals surface area contributed by atoms with Crippen LogP contribution in [0.4, 0.5) is 5.69 Å². The molecule has 0 radical (unpaired) electrons. The van der Waals surface area contributed by atoms with Crippen LogP contribution in [0.25, 0.3) is 0 Å². The fourth-order valence-electron chi connectivity index (χ4n) is 1.80. The molecule has 0 aliphatic rings. The van der Waals surface area contributed by atoms with Gasteiger partial charge in [-0.1, -0.05) is 32.0 Å². The van der Waals surface area contributed by atoms with Crippen LogP contribution < -0.4 is 11.1 Å². The molecule has 1 unspecified atom stereocenters. The van der Waals surface area contributed by atoms with Crippen molar-refractivity contribution >= 4 is 29.3 Å². The number of anilines is 1. The number of amides is 1. The van der Waals surface area contributed by atoms with Gasteiger partial charge in [0, 0.05) is 5.69 Å². The molecule has 0 bridgehead atoms. The summed E-state index contributed by atoms with van der Waals surface area (Å²) in [6.45, 7) is 4.15. The summed E-state index contributed by atoms with van der Waals surface area (Å²) < 4.78 is 0. The Hall–Kier alpha value is -1.53. The van der Waals surface area contributed by atoms with Gasteiger partial charge < -0.3 is 16.2 Å². The Balaban J connectivity index is 2.39. The molecule has 0 heterocycles. The van der Waals surface area contributed by atoms with Gasteiger partial charge in [0.05, 0.1) is 5.75 Å². The molecule has 0 aliphatic carbocycles. The third-order valence-electron chi connectivity index (χ3n) is 2.98. The van der Waals surface area contributed by atoms with Crippen LogP contribution in [0, 0.1) is 0 Å². The first-order chi connectivity index (χ1) is 9.91. The summed E-state index contributed by atoms with van der Waals surface area (Å²) in [5, 5.41) is 11.5. The van der Waals surface area contributed by atoms with Crippen LogP contribution in [0.5, 0.6) is 0 Å². The molecule has 1 aromatic rings. The molecular formula is C15H22N2O3S. The first-order valence-corrected chi connectivity index (χ1v) is 8.02. The van der Waals surface area contributed by atoms with Crippen molar-refractivity contribution in [2.75, 3.05) is 16.8 Å². The van der Waals surface area contributed by atoms with Gasteiger partial charge in [-0.25, -0.2) is 0 Å². The highest BCUT2D eigenvalue weighted by Crippen LogP contribution is 2.23. The van der Waals surface area contributed by atoms with E-state index in [0.29, 0.717) is 23.8 Å². The zero-order valence-corrected chi connectivity index (χ0v) is 13.2. The molecule has 0 fully saturated rings. The van der Waals surface area contributed by atoms with Crippen LogP contribution >= 0.6 is 11.8 Å². The van der Waals surface area contributed by atoms with Crippen molar-refractivity contribution in [3.63, 3.8) is 0 Å². The molecule has 6 heteroatoms. The van der Waals surface area contributed by atoms with Gasteiger partial charge in [0.2, 0.25) is 5.91 Å². The van der Waals surface area contributed by atoms with E-state index >= 15 is 0 Å². The molecule has 0 aromatic heterocycles. The van der Waals surface area contributed by atoms with E-state index in [4.69, 9.17) is 10.8 Å². The molecule has 1 aromatic carbocycles. The molecule has 1 rings (SSSR count). The number of hydrogen-bond donors (Lipinski definition) is 3. The lowest BCUT2D eigenvalue weighted by Crippen LogP contribution is -2.30. The van der Waals surface area contributed by atoms with Crippen molar-refractivity contribution in [1.29, 1.82) is 0 Å². The highest BCUT2D eigenvalue weighted by atomic mass is 32.2. The summed E-state index contributed by atoms with van der Waals surface area (Å²) in [5.74, 6) is 0.0801. The third-order valence-corrected chi connectivity index (χ3v) is 3.97. The largest absolute Gasteiger partial charge is 0.480 e. The lowest BCUT2D eigenvalue weighted by molar-refractivity contribution is -0.138. The fourth-order valence-corrected chi connectivity index (χ4v) is 2.62. The van der Waals surface area contributed by atoms with Gasteiger partial charge in [0.15, 0.2) is 0 Å².